The fourth-order valence-electron chi connectivity index (χ4n) is 1.56. The van der Waals surface area contributed by atoms with Crippen LogP contribution in [0.5, 0.6) is 5.75 Å². The van der Waals surface area contributed by atoms with Gasteiger partial charge in [-0.2, -0.15) is 0 Å². The van der Waals surface area contributed by atoms with Crippen molar-refractivity contribution in [3.8, 4) is 5.75 Å². The van der Waals surface area contributed by atoms with Crippen molar-refractivity contribution < 1.29 is 9.47 Å². The molecule has 0 aliphatic rings. The number of ether oxygens (including phenoxy) is 2. The summed E-state index contributed by atoms with van der Waals surface area (Å²) in [4.78, 5) is 3.15. The van der Waals surface area contributed by atoms with Crippen LogP contribution in [-0.4, -0.2) is 24.3 Å². The van der Waals surface area contributed by atoms with Gasteiger partial charge in [-0.1, -0.05) is 0 Å². The highest BCUT2D eigenvalue weighted by molar-refractivity contribution is 5.80. The standard InChI is InChI=1S/C13H17NO2/c1-10(2)15-7-8-16-12-3-4-13-11(9-12)5-6-14-13/h3-6,9-10,14H,7-8H2,1-2H3. The van der Waals surface area contributed by atoms with Gasteiger partial charge in [0.2, 0.25) is 0 Å². The number of hydrogen-bond donors (Lipinski definition) is 1. The van der Waals surface area contributed by atoms with E-state index in [-0.39, 0.29) is 6.10 Å². The zero-order valence-corrected chi connectivity index (χ0v) is 9.69. The molecule has 0 spiro atoms. The lowest BCUT2D eigenvalue weighted by molar-refractivity contribution is 0.0553. The van der Waals surface area contributed by atoms with Crippen LogP contribution >= 0.6 is 0 Å². The average molecular weight is 219 g/mol. The Morgan fingerprint density at radius 3 is 2.88 bits per heavy atom. The maximum absolute atomic E-state index is 5.60. The Morgan fingerprint density at radius 2 is 2.06 bits per heavy atom. The van der Waals surface area contributed by atoms with Crippen LogP contribution in [0.1, 0.15) is 13.8 Å². The van der Waals surface area contributed by atoms with Gasteiger partial charge in [0, 0.05) is 17.1 Å². The molecule has 2 rings (SSSR count). The highest BCUT2D eigenvalue weighted by atomic mass is 16.5. The molecule has 1 aromatic heterocycles. The first-order valence-corrected chi connectivity index (χ1v) is 5.57. The van der Waals surface area contributed by atoms with Gasteiger partial charge in [-0.3, -0.25) is 0 Å². The van der Waals surface area contributed by atoms with Crippen LogP contribution in [0.25, 0.3) is 10.9 Å². The van der Waals surface area contributed by atoms with Crippen LogP contribution in [-0.2, 0) is 4.74 Å². The maximum Gasteiger partial charge on any atom is 0.120 e. The molecule has 0 atom stereocenters. The van der Waals surface area contributed by atoms with Crippen molar-refractivity contribution in [1.29, 1.82) is 0 Å². The molecule has 1 N–H and O–H groups in total. The summed E-state index contributed by atoms with van der Waals surface area (Å²) in [6, 6.07) is 8.05. The van der Waals surface area contributed by atoms with Crippen molar-refractivity contribution >= 4 is 10.9 Å². The van der Waals surface area contributed by atoms with E-state index in [0.29, 0.717) is 13.2 Å². The Balaban J connectivity index is 1.89. The Hall–Kier alpha value is -1.48. The van der Waals surface area contributed by atoms with E-state index in [1.807, 2.05) is 44.3 Å². The molecule has 0 aliphatic heterocycles. The molecule has 1 aromatic carbocycles. The lowest BCUT2D eigenvalue weighted by atomic mass is 10.2. The second-order valence-corrected chi connectivity index (χ2v) is 3.99. The first-order valence-electron chi connectivity index (χ1n) is 5.57. The summed E-state index contributed by atoms with van der Waals surface area (Å²) >= 11 is 0. The molecule has 3 heteroatoms. The zero-order valence-electron chi connectivity index (χ0n) is 9.69. The molecule has 16 heavy (non-hydrogen) atoms. The van der Waals surface area contributed by atoms with Gasteiger partial charge in [0.25, 0.3) is 0 Å². The van der Waals surface area contributed by atoms with Gasteiger partial charge >= 0.3 is 0 Å². The summed E-state index contributed by atoms with van der Waals surface area (Å²) in [6.07, 6.45) is 2.19. The number of hydrogen-bond acceptors (Lipinski definition) is 2. The third kappa shape index (κ3) is 2.76. The minimum absolute atomic E-state index is 0.260. The molecule has 0 unspecified atom stereocenters. The van der Waals surface area contributed by atoms with Gasteiger partial charge in [-0.15, -0.1) is 0 Å². The van der Waals surface area contributed by atoms with Crippen molar-refractivity contribution in [2.75, 3.05) is 13.2 Å². The van der Waals surface area contributed by atoms with Gasteiger partial charge in [-0.25, -0.2) is 0 Å². The van der Waals surface area contributed by atoms with E-state index < -0.39 is 0 Å². The molecule has 1 heterocycles. The molecule has 0 aliphatic carbocycles. The van der Waals surface area contributed by atoms with Crippen molar-refractivity contribution in [3.63, 3.8) is 0 Å². The van der Waals surface area contributed by atoms with Crippen molar-refractivity contribution in [1.82, 2.24) is 4.98 Å². The van der Waals surface area contributed by atoms with Crippen LogP contribution < -0.4 is 4.74 Å². The molecule has 0 radical (unpaired) electrons. The average Bonchev–Trinajstić information content (AvgIpc) is 2.71. The van der Waals surface area contributed by atoms with Crippen molar-refractivity contribution in [3.05, 3.63) is 30.5 Å². The van der Waals surface area contributed by atoms with E-state index in [0.717, 1.165) is 11.3 Å². The third-order valence-corrected chi connectivity index (χ3v) is 2.33. The Bertz CT molecular complexity index is 448. The van der Waals surface area contributed by atoms with Gasteiger partial charge in [0.1, 0.15) is 12.4 Å². The van der Waals surface area contributed by atoms with E-state index in [4.69, 9.17) is 9.47 Å². The monoisotopic (exact) mass is 219 g/mol. The summed E-state index contributed by atoms with van der Waals surface area (Å²) in [6.45, 7) is 5.26. The van der Waals surface area contributed by atoms with E-state index in [9.17, 15) is 0 Å². The Labute approximate surface area is 95.4 Å². The molecule has 0 saturated carbocycles. The predicted molar refractivity (Wildman–Crippen MR) is 64.9 cm³/mol. The molecular formula is C13H17NO2. The fraction of sp³-hybridized carbons (Fsp3) is 0.385. The number of aromatic amines is 1. The SMILES string of the molecule is CC(C)OCCOc1ccc2[nH]ccc2c1. The normalized spacial score (nSPS) is 11.2. The van der Waals surface area contributed by atoms with E-state index >= 15 is 0 Å². The number of aromatic nitrogens is 1. The largest absolute Gasteiger partial charge is 0.491 e. The van der Waals surface area contributed by atoms with Crippen LogP contribution in [0.3, 0.4) is 0 Å². The van der Waals surface area contributed by atoms with Crippen molar-refractivity contribution in [2.24, 2.45) is 0 Å². The van der Waals surface area contributed by atoms with E-state index in [1.165, 1.54) is 5.39 Å². The highest BCUT2D eigenvalue weighted by Gasteiger charge is 1.98. The second-order valence-electron chi connectivity index (χ2n) is 3.99. The number of benzene rings is 1. The maximum atomic E-state index is 5.60. The first-order chi connectivity index (χ1) is 7.75. The van der Waals surface area contributed by atoms with E-state index in [2.05, 4.69) is 4.98 Å². The fourth-order valence-corrected chi connectivity index (χ4v) is 1.56. The van der Waals surface area contributed by atoms with Gasteiger partial charge in [0.05, 0.1) is 12.7 Å². The molecule has 0 saturated heterocycles. The van der Waals surface area contributed by atoms with Crippen LogP contribution in [0.15, 0.2) is 30.5 Å². The predicted octanol–water partition coefficient (Wildman–Crippen LogP) is 2.97. The second kappa shape index (κ2) is 5.03. The third-order valence-electron chi connectivity index (χ3n) is 2.33. The van der Waals surface area contributed by atoms with Gasteiger partial charge in [-0.05, 0) is 38.1 Å². The first kappa shape index (κ1) is 11.0. The molecule has 86 valence electrons. The topological polar surface area (TPSA) is 34.2 Å². The minimum atomic E-state index is 0.260. The molecule has 2 aromatic rings. The number of rotatable bonds is 5. The molecule has 0 bridgehead atoms. The number of H-pyrrole nitrogens is 1. The van der Waals surface area contributed by atoms with Crippen LogP contribution in [0, 0.1) is 0 Å². The van der Waals surface area contributed by atoms with Gasteiger partial charge < -0.3 is 14.5 Å². The van der Waals surface area contributed by atoms with Crippen LogP contribution in [0.2, 0.25) is 0 Å². The summed E-state index contributed by atoms with van der Waals surface area (Å²) in [5, 5.41) is 1.17. The lowest BCUT2D eigenvalue weighted by Gasteiger charge is -2.09. The Morgan fingerprint density at radius 1 is 1.19 bits per heavy atom. The Kier molecular flexibility index (Phi) is 3.47. The van der Waals surface area contributed by atoms with Crippen LogP contribution in [0.4, 0.5) is 0 Å². The summed E-state index contributed by atoms with van der Waals surface area (Å²) in [5.41, 5.74) is 1.13. The van der Waals surface area contributed by atoms with Crippen molar-refractivity contribution in [2.45, 2.75) is 20.0 Å². The van der Waals surface area contributed by atoms with Gasteiger partial charge in [0.15, 0.2) is 0 Å². The summed E-state index contributed by atoms with van der Waals surface area (Å²) < 4.78 is 11.0. The summed E-state index contributed by atoms with van der Waals surface area (Å²) in [7, 11) is 0. The lowest BCUT2D eigenvalue weighted by Crippen LogP contribution is -2.11. The molecule has 3 nitrogen and oxygen atoms in total. The number of fused-ring (bicyclic) bond motifs is 1. The molecule has 0 fully saturated rings. The molecular weight excluding hydrogens is 202 g/mol. The highest BCUT2D eigenvalue weighted by Crippen LogP contribution is 2.19. The minimum Gasteiger partial charge on any atom is -0.491 e. The zero-order chi connectivity index (χ0) is 11.4. The summed E-state index contributed by atoms with van der Waals surface area (Å²) in [5.74, 6) is 0.888. The smallest absolute Gasteiger partial charge is 0.120 e. The number of nitrogens with one attached hydrogen (secondary N) is 1. The quantitative estimate of drug-likeness (QED) is 0.784. The molecule has 0 amide bonds. The van der Waals surface area contributed by atoms with E-state index in [1.54, 1.807) is 0 Å².